The van der Waals surface area contributed by atoms with Crippen LogP contribution in [0.4, 0.5) is 0 Å². The van der Waals surface area contributed by atoms with Gasteiger partial charge in [0.2, 0.25) is 5.91 Å². The highest BCUT2D eigenvalue weighted by Crippen LogP contribution is 2.31. The highest BCUT2D eigenvalue weighted by molar-refractivity contribution is 5.85. The summed E-state index contributed by atoms with van der Waals surface area (Å²) in [5.41, 5.74) is 3.47. The van der Waals surface area contributed by atoms with Crippen LogP contribution < -0.4 is 15.4 Å². The van der Waals surface area contributed by atoms with E-state index in [4.69, 9.17) is 4.74 Å². The Morgan fingerprint density at radius 2 is 2.00 bits per heavy atom. The first-order valence-electron chi connectivity index (χ1n) is 10.4. The minimum absolute atomic E-state index is 0. The number of rotatable bonds is 8. The summed E-state index contributed by atoms with van der Waals surface area (Å²) < 4.78 is 5.31. The normalized spacial score (nSPS) is 16.8. The lowest BCUT2D eigenvalue weighted by atomic mass is 9.90. The average Bonchev–Trinajstić information content (AvgIpc) is 3.43. The summed E-state index contributed by atoms with van der Waals surface area (Å²) in [5.74, 6) is 1.68. The Hall–Kier alpha value is -2.50. The molecule has 6 heteroatoms. The predicted molar refractivity (Wildman–Crippen MR) is 124 cm³/mol. The summed E-state index contributed by atoms with van der Waals surface area (Å²) in [7, 11) is 1.67. The van der Waals surface area contributed by atoms with E-state index in [2.05, 4.69) is 52.1 Å². The zero-order valence-corrected chi connectivity index (χ0v) is 18.1. The molecule has 5 nitrogen and oxygen atoms in total. The number of ether oxygens (including phenoxy) is 1. The molecule has 2 unspecified atom stereocenters. The predicted octanol–water partition coefficient (Wildman–Crippen LogP) is 4.24. The van der Waals surface area contributed by atoms with Gasteiger partial charge in [-0.1, -0.05) is 30.3 Å². The molecule has 0 spiro atoms. The summed E-state index contributed by atoms with van der Waals surface area (Å²) in [5, 5.41) is 7.74. The van der Waals surface area contributed by atoms with Crippen LogP contribution in [0, 0.1) is 5.92 Å². The molecule has 1 fully saturated rings. The summed E-state index contributed by atoms with van der Waals surface area (Å²) in [6.45, 7) is 2.69. The second kappa shape index (κ2) is 10.5. The molecule has 0 radical (unpaired) electrons. The standard InChI is InChI=1S/C24H29N3O2.ClH/c1-29-19-9-7-18(8-10-19)21(22-16-26-23-5-3-2-4-20(22)23)15-27-24(28)11-6-17-12-13-25-14-17;/h2-5,7-10,16-17,21,25-26H,6,11-15H2,1H3,(H,27,28);1H. The van der Waals surface area contributed by atoms with E-state index in [9.17, 15) is 4.79 Å². The molecule has 3 aromatic rings. The molecule has 0 bridgehead atoms. The fourth-order valence-electron chi connectivity index (χ4n) is 4.23. The lowest BCUT2D eigenvalue weighted by Crippen LogP contribution is -2.29. The van der Waals surface area contributed by atoms with Crippen LogP contribution in [0.3, 0.4) is 0 Å². The molecule has 0 saturated carbocycles. The van der Waals surface area contributed by atoms with Crippen LogP contribution in [0.25, 0.3) is 10.9 Å². The van der Waals surface area contributed by atoms with Crippen molar-refractivity contribution >= 4 is 29.2 Å². The number of hydrogen-bond donors (Lipinski definition) is 3. The number of nitrogens with one attached hydrogen (secondary N) is 3. The van der Waals surface area contributed by atoms with Gasteiger partial charge in [-0.25, -0.2) is 0 Å². The van der Waals surface area contributed by atoms with Gasteiger partial charge in [0.1, 0.15) is 5.75 Å². The maximum Gasteiger partial charge on any atom is 0.220 e. The van der Waals surface area contributed by atoms with Gasteiger partial charge in [0.15, 0.2) is 0 Å². The first-order chi connectivity index (χ1) is 14.2. The Morgan fingerprint density at radius 1 is 1.20 bits per heavy atom. The van der Waals surface area contributed by atoms with Gasteiger partial charge < -0.3 is 20.4 Å². The minimum atomic E-state index is 0. The number of para-hydroxylation sites is 1. The Balaban J connectivity index is 0.00000256. The van der Waals surface area contributed by atoms with E-state index in [0.717, 1.165) is 36.3 Å². The number of amides is 1. The maximum absolute atomic E-state index is 12.5. The van der Waals surface area contributed by atoms with E-state index in [1.807, 2.05) is 18.2 Å². The van der Waals surface area contributed by atoms with Crippen LogP contribution >= 0.6 is 12.4 Å². The third kappa shape index (κ3) is 5.15. The summed E-state index contributed by atoms with van der Waals surface area (Å²) >= 11 is 0. The molecule has 2 heterocycles. The van der Waals surface area contributed by atoms with Gasteiger partial charge >= 0.3 is 0 Å². The van der Waals surface area contributed by atoms with Gasteiger partial charge in [0, 0.05) is 36.0 Å². The van der Waals surface area contributed by atoms with Crippen molar-refractivity contribution in [2.24, 2.45) is 5.92 Å². The number of fused-ring (bicyclic) bond motifs is 1. The molecule has 1 aromatic heterocycles. The maximum atomic E-state index is 12.5. The van der Waals surface area contributed by atoms with Crippen LogP contribution in [-0.2, 0) is 4.79 Å². The number of hydrogen-bond acceptors (Lipinski definition) is 3. The van der Waals surface area contributed by atoms with Crippen molar-refractivity contribution < 1.29 is 9.53 Å². The van der Waals surface area contributed by atoms with Crippen molar-refractivity contribution in [3.63, 3.8) is 0 Å². The Kier molecular flexibility index (Phi) is 7.77. The van der Waals surface area contributed by atoms with Crippen molar-refractivity contribution in [2.75, 3.05) is 26.7 Å². The second-order valence-corrected chi connectivity index (χ2v) is 7.82. The number of aromatic amines is 1. The van der Waals surface area contributed by atoms with Crippen LogP contribution in [0.15, 0.2) is 54.7 Å². The van der Waals surface area contributed by atoms with Crippen molar-refractivity contribution in [1.82, 2.24) is 15.6 Å². The Labute approximate surface area is 184 Å². The quantitative estimate of drug-likeness (QED) is 0.503. The smallest absolute Gasteiger partial charge is 0.220 e. The molecule has 2 aromatic carbocycles. The van der Waals surface area contributed by atoms with Gasteiger partial charge in [-0.15, -0.1) is 12.4 Å². The molecule has 30 heavy (non-hydrogen) atoms. The minimum Gasteiger partial charge on any atom is -0.497 e. The second-order valence-electron chi connectivity index (χ2n) is 7.82. The molecule has 1 aliphatic rings. The number of halogens is 1. The first-order valence-corrected chi connectivity index (χ1v) is 10.4. The molecule has 2 atom stereocenters. The van der Waals surface area contributed by atoms with Crippen molar-refractivity contribution in [3.05, 3.63) is 65.9 Å². The van der Waals surface area contributed by atoms with E-state index in [-0.39, 0.29) is 24.2 Å². The lowest BCUT2D eigenvalue weighted by Gasteiger charge is -2.19. The van der Waals surface area contributed by atoms with Crippen LogP contribution in [0.5, 0.6) is 5.75 Å². The largest absolute Gasteiger partial charge is 0.497 e. The third-order valence-electron chi connectivity index (χ3n) is 5.96. The Bertz CT molecular complexity index is 948. The van der Waals surface area contributed by atoms with Crippen LogP contribution in [0.1, 0.15) is 36.3 Å². The lowest BCUT2D eigenvalue weighted by molar-refractivity contribution is -0.121. The van der Waals surface area contributed by atoms with Crippen molar-refractivity contribution in [2.45, 2.75) is 25.2 Å². The van der Waals surface area contributed by atoms with E-state index in [1.165, 1.54) is 17.4 Å². The molecule has 3 N–H and O–H groups in total. The molecule has 0 aliphatic carbocycles. The number of methoxy groups -OCH3 is 1. The van der Waals surface area contributed by atoms with Crippen molar-refractivity contribution in [1.29, 1.82) is 0 Å². The number of H-pyrrole nitrogens is 1. The summed E-state index contributed by atoms with van der Waals surface area (Å²) in [6.07, 6.45) is 4.79. The summed E-state index contributed by atoms with van der Waals surface area (Å²) in [6, 6.07) is 16.4. The van der Waals surface area contributed by atoms with E-state index in [0.29, 0.717) is 18.9 Å². The van der Waals surface area contributed by atoms with E-state index >= 15 is 0 Å². The molecule has 4 rings (SSSR count). The number of benzene rings is 2. The molecule has 160 valence electrons. The monoisotopic (exact) mass is 427 g/mol. The van der Waals surface area contributed by atoms with Crippen LogP contribution in [-0.4, -0.2) is 37.6 Å². The number of carbonyl (C=O) groups is 1. The van der Waals surface area contributed by atoms with Gasteiger partial charge in [0.05, 0.1) is 7.11 Å². The molecule has 1 amide bonds. The fraction of sp³-hybridized carbons (Fsp3) is 0.375. The highest BCUT2D eigenvalue weighted by atomic mass is 35.5. The SMILES string of the molecule is COc1ccc(C(CNC(=O)CCC2CCNC2)c2c[nH]c3ccccc23)cc1.Cl. The Morgan fingerprint density at radius 3 is 2.73 bits per heavy atom. The molecule has 1 aliphatic heterocycles. The zero-order valence-electron chi connectivity index (χ0n) is 17.3. The zero-order chi connectivity index (χ0) is 20.1. The fourth-order valence-corrected chi connectivity index (χ4v) is 4.23. The van der Waals surface area contributed by atoms with Gasteiger partial charge in [-0.3, -0.25) is 4.79 Å². The topological polar surface area (TPSA) is 66.2 Å². The average molecular weight is 428 g/mol. The van der Waals surface area contributed by atoms with Crippen LogP contribution in [0.2, 0.25) is 0 Å². The third-order valence-corrected chi connectivity index (χ3v) is 5.96. The molecular weight excluding hydrogens is 398 g/mol. The van der Waals surface area contributed by atoms with Gasteiger partial charge in [0.25, 0.3) is 0 Å². The van der Waals surface area contributed by atoms with Gasteiger partial charge in [-0.05, 0) is 61.2 Å². The molecule has 1 saturated heterocycles. The van der Waals surface area contributed by atoms with Crippen molar-refractivity contribution in [3.8, 4) is 5.75 Å². The van der Waals surface area contributed by atoms with E-state index < -0.39 is 0 Å². The van der Waals surface area contributed by atoms with Gasteiger partial charge in [-0.2, -0.15) is 0 Å². The number of carbonyl (C=O) groups excluding carboxylic acids is 1. The summed E-state index contributed by atoms with van der Waals surface area (Å²) in [4.78, 5) is 15.9. The molecular formula is C24H30ClN3O2. The highest BCUT2D eigenvalue weighted by Gasteiger charge is 2.20. The number of aromatic nitrogens is 1. The first kappa shape index (κ1) is 22.2. The van der Waals surface area contributed by atoms with E-state index in [1.54, 1.807) is 7.11 Å².